The fourth-order valence-corrected chi connectivity index (χ4v) is 3.47. The van der Waals surface area contributed by atoms with E-state index in [1.807, 2.05) is 0 Å². The quantitative estimate of drug-likeness (QED) is 0.713. The van der Waals surface area contributed by atoms with E-state index in [9.17, 15) is 4.21 Å². The topological polar surface area (TPSA) is 29.1 Å². The molecule has 5 atom stereocenters. The molecule has 0 heterocycles. The van der Waals surface area contributed by atoms with Gasteiger partial charge in [-0.3, -0.25) is 4.21 Å². The molecule has 0 saturated heterocycles. The molecular formula is C11H19NOS. The summed E-state index contributed by atoms with van der Waals surface area (Å²) in [5.74, 6) is 2.45. The van der Waals surface area contributed by atoms with Crippen molar-refractivity contribution < 1.29 is 4.21 Å². The molecule has 0 aliphatic heterocycles. The van der Waals surface area contributed by atoms with Crippen LogP contribution in [0.25, 0.3) is 0 Å². The Bertz CT molecular complexity index is 264. The average molecular weight is 213 g/mol. The van der Waals surface area contributed by atoms with Crippen molar-refractivity contribution in [2.75, 3.05) is 12.0 Å². The van der Waals surface area contributed by atoms with Crippen molar-refractivity contribution in [1.29, 1.82) is 0 Å². The normalized spacial score (nSPS) is 38.9. The highest BCUT2D eigenvalue weighted by Crippen LogP contribution is 2.42. The van der Waals surface area contributed by atoms with E-state index in [-0.39, 0.29) is 0 Å². The molecule has 3 heteroatoms. The lowest BCUT2D eigenvalue weighted by Crippen LogP contribution is -2.52. The molecule has 0 radical (unpaired) electrons. The number of nitrogens with one attached hydrogen (secondary N) is 1. The average Bonchev–Trinajstić information content (AvgIpc) is 2.41. The van der Waals surface area contributed by atoms with Crippen LogP contribution < -0.4 is 5.32 Å². The first-order chi connectivity index (χ1) is 6.66. The van der Waals surface area contributed by atoms with Gasteiger partial charge in [0.1, 0.15) is 0 Å². The maximum Gasteiger partial charge on any atom is 0.0383 e. The Hall–Kier alpha value is -0.150. The Balaban J connectivity index is 1.76. The fraction of sp³-hybridized carbons (Fsp3) is 0.818. The number of allylic oxidation sites excluding steroid dienone is 1. The van der Waals surface area contributed by atoms with Crippen LogP contribution in [0, 0.1) is 11.8 Å². The van der Waals surface area contributed by atoms with Gasteiger partial charge < -0.3 is 5.32 Å². The highest BCUT2D eigenvalue weighted by atomic mass is 32.2. The van der Waals surface area contributed by atoms with E-state index >= 15 is 0 Å². The van der Waals surface area contributed by atoms with Crippen molar-refractivity contribution in [3.05, 3.63) is 12.2 Å². The molecule has 2 rings (SSSR count). The van der Waals surface area contributed by atoms with Crippen molar-refractivity contribution in [3.63, 3.8) is 0 Å². The molecule has 0 aromatic heterocycles. The van der Waals surface area contributed by atoms with Crippen LogP contribution in [0.3, 0.4) is 0 Å². The zero-order valence-electron chi connectivity index (χ0n) is 8.90. The molecule has 0 amide bonds. The Kier molecular flexibility index (Phi) is 3.07. The van der Waals surface area contributed by atoms with E-state index < -0.39 is 10.8 Å². The molecular weight excluding hydrogens is 194 g/mol. The van der Waals surface area contributed by atoms with Gasteiger partial charge in [-0.1, -0.05) is 12.2 Å². The summed E-state index contributed by atoms with van der Waals surface area (Å²) in [6.07, 6.45) is 9.01. The van der Waals surface area contributed by atoms with Crippen LogP contribution in [0.4, 0.5) is 0 Å². The Morgan fingerprint density at radius 1 is 1.64 bits per heavy atom. The summed E-state index contributed by atoms with van der Waals surface area (Å²) >= 11 is 0. The summed E-state index contributed by atoms with van der Waals surface area (Å²) < 4.78 is 11.0. The minimum Gasteiger partial charge on any atom is -0.310 e. The number of rotatable bonds is 4. The summed E-state index contributed by atoms with van der Waals surface area (Å²) in [7, 11) is -0.677. The fourth-order valence-electron chi connectivity index (χ4n) is 2.67. The van der Waals surface area contributed by atoms with Gasteiger partial charge in [0.25, 0.3) is 0 Å². The van der Waals surface area contributed by atoms with E-state index in [0.717, 1.165) is 17.6 Å². The van der Waals surface area contributed by atoms with Crippen LogP contribution in [0.5, 0.6) is 0 Å². The highest BCUT2D eigenvalue weighted by molar-refractivity contribution is 7.84. The van der Waals surface area contributed by atoms with Crippen molar-refractivity contribution in [1.82, 2.24) is 5.32 Å². The molecule has 80 valence electrons. The first-order valence-corrected chi connectivity index (χ1v) is 7.12. The van der Waals surface area contributed by atoms with Crippen LogP contribution in [-0.2, 0) is 10.8 Å². The van der Waals surface area contributed by atoms with Crippen molar-refractivity contribution in [3.8, 4) is 0 Å². The minimum absolute atomic E-state index is 0.390. The second-order valence-electron chi connectivity index (χ2n) is 4.65. The van der Waals surface area contributed by atoms with Crippen molar-refractivity contribution >= 4 is 10.8 Å². The van der Waals surface area contributed by atoms with Crippen LogP contribution >= 0.6 is 0 Å². The minimum atomic E-state index is -0.677. The Labute approximate surface area is 88.6 Å². The molecule has 0 bridgehead atoms. The molecule has 0 spiro atoms. The van der Waals surface area contributed by atoms with Gasteiger partial charge in [0.15, 0.2) is 0 Å². The van der Waals surface area contributed by atoms with Gasteiger partial charge in [0.05, 0.1) is 0 Å². The second kappa shape index (κ2) is 4.15. The van der Waals surface area contributed by atoms with Gasteiger partial charge in [-0.05, 0) is 31.6 Å². The molecule has 14 heavy (non-hydrogen) atoms. The highest BCUT2D eigenvalue weighted by Gasteiger charge is 2.41. The van der Waals surface area contributed by atoms with E-state index in [1.165, 1.54) is 12.8 Å². The summed E-state index contributed by atoms with van der Waals surface area (Å²) in [5.41, 5.74) is 0. The van der Waals surface area contributed by atoms with E-state index in [4.69, 9.17) is 0 Å². The van der Waals surface area contributed by atoms with Crippen molar-refractivity contribution in [2.45, 2.75) is 31.8 Å². The largest absolute Gasteiger partial charge is 0.310 e. The summed E-state index contributed by atoms with van der Waals surface area (Å²) in [5, 5.41) is 3.57. The van der Waals surface area contributed by atoms with E-state index in [2.05, 4.69) is 24.4 Å². The zero-order chi connectivity index (χ0) is 10.1. The summed E-state index contributed by atoms with van der Waals surface area (Å²) in [6.45, 7) is 2.13. The first-order valence-electron chi connectivity index (χ1n) is 5.39. The third-order valence-corrected chi connectivity index (χ3v) is 4.32. The maximum absolute atomic E-state index is 11.0. The molecule has 0 aromatic rings. The Morgan fingerprint density at radius 2 is 2.43 bits per heavy atom. The third-order valence-electron chi connectivity index (χ3n) is 3.35. The lowest BCUT2D eigenvalue weighted by molar-refractivity contribution is 0.155. The molecule has 1 fully saturated rings. The van der Waals surface area contributed by atoms with Crippen LogP contribution in [0.1, 0.15) is 19.8 Å². The predicted octanol–water partition coefficient (Wildman–Crippen LogP) is 1.31. The molecule has 1 N–H and O–H groups in total. The molecule has 2 aliphatic carbocycles. The van der Waals surface area contributed by atoms with Gasteiger partial charge in [0, 0.05) is 34.9 Å². The lowest BCUT2D eigenvalue weighted by atomic mass is 9.71. The zero-order valence-corrected chi connectivity index (χ0v) is 9.72. The number of fused-ring (bicyclic) bond motifs is 1. The smallest absolute Gasteiger partial charge is 0.0383 e. The van der Waals surface area contributed by atoms with E-state index in [1.54, 1.807) is 6.26 Å². The van der Waals surface area contributed by atoms with Gasteiger partial charge in [-0.25, -0.2) is 0 Å². The van der Waals surface area contributed by atoms with Gasteiger partial charge >= 0.3 is 0 Å². The third kappa shape index (κ3) is 2.09. The molecule has 0 aromatic carbocycles. The van der Waals surface area contributed by atoms with Gasteiger partial charge in [-0.2, -0.15) is 0 Å². The second-order valence-corrected chi connectivity index (χ2v) is 6.13. The maximum atomic E-state index is 11.0. The monoisotopic (exact) mass is 213 g/mol. The lowest BCUT2D eigenvalue weighted by Gasteiger charge is -2.42. The number of hydrogen-bond donors (Lipinski definition) is 1. The molecule has 1 saturated carbocycles. The van der Waals surface area contributed by atoms with Crippen LogP contribution in [-0.4, -0.2) is 28.3 Å². The molecule has 2 nitrogen and oxygen atoms in total. The Morgan fingerprint density at radius 3 is 3.07 bits per heavy atom. The van der Waals surface area contributed by atoms with Gasteiger partial charge in [0.2, 0.25) is 0 Å². The van der Waals surface area contributed by atoms with Crippen LogP contribution in [0.2, 0.25) is 0 Å². The van der Waals surface area contributed by atoms with Crippen LogP contribution in [0.15, 0.2) is 12.2 Å². The van der Waals surface area contributed by atoms with E-state index in [0.29, 0.717) is 12.1 Å². The van der Waals surface area contributed by atoms with Crippen molar-refractivity contribution in [2.24, 2.45) is 11.8 Å². The first kappa shape index (κ1) is 10.4. The summed E-state index contributed by atoms with van der Waals surface area (Å²) in [6, 6.07) is 1.04. The SMILES string of the molecule is CC(CS(C)=O)NC1CC2CC=CC21. The predicted molar refractivity (Wildman–Crippen MR) is 60.7 cm³/mol. The molecule has 5 unspecified atom stereocenters. The number of hydrogen-bond acceptors (Lipinski definition) is 2. The molecule has 2 aliphatic rings. The standard InChI is InChI=1S/C11H19NOS/c1-8(7-14(2)13)12-11-6-9-4-3-5-10(9)11/h3,5,8-12H,4,6-7H2,1-2H3. The van der Waals surface area contributed by atoms with Gasteiger partial charge in [-0.15, -0.1) is 0 Å². The summed E-state index contributed by atoms with van der Waals surface area (Å²) in [4.78, 5) is 0.